The Labute approximate surface area is 128 Å². The van der Waals surface area contributed by atoms with Crippen molar-refractivity contribution in [2.75, 3.05) is 0 Å². The molecule has 1 N–H and O–H groups in total. The van der Waals surface area contributed by atoms with Gasteiger partial charge in [0, 0.05) is 24.3 Å². The van der Waals surface area contributed by atoms with E-state index in [0.717, 1.165) is 23.4 Å². The summed E-state index contributed by atoms with van der Waals surface area (Å²) in [5.41, 5.74) is 3.14. The molecular formula is C17H29N3O. The van der Waals surface area contributed by atoms with E-state index in [0.29, 0.717) is 18.4 Å². The van der Waals surface area contributed by atoms with Gasteiger partial charge < -0.3 is 5.32 Å². The van der Waals surface area contributed by atoms with Gasteiger partial charge >= 0.3 is 0 Å². The normalized spacial score (nSPS) is 17.7. The highest BCUT2D eigenvalue weighted by Crippen LogP contribution is 2.27. The third-order valence-corrected chi connectivity index (χ3v) is 5.00. The molecule has 1 fully saturated rings. The standard InChI is InChI=1S/C17H29N3O/c1-5-16(14-9-7-6-8-10-14)18-17(21)11-15-12(2)19-20(4)13(15)3/h14,16H,5-11H2,1-4H3,(H,18,21)/t16-/m1/s1. The zero-order chi connectivity index (χ0) is 15.4. The van der Waals surface area contributed by atoms with E-state index in [2.05, 4.69) is 17.3 Å². The second-order valence-electron chi connectivity index (χ2n) is 6.43. The lowest BCUT2D eigenvalue weighted by atomic mass is 9.83. The second kappa shape index (κ2) is 7.10. The fraction of sp³-hybridized carbons (Fsp3) is 0.765. The zero-order valence-corrected chi connectivity index (χ0v) is 13.9. The Balaban J connectivity index is 1.96. The van der Waals surface area contributed by atoms with Crippen LogP contribution in [-0.4, -0.2) is 21.7 Å². The Morgan fingerprint density at radius 2 is 2.00 bits per heavy atom. The van der Waals surface area contributed by atoms with Gasteiger partial charge in [-0.25, -0.2) is 0 Å². The largest absolute Gasteiger partial charge is 0.353 e. The topological polar surface area (TPSA) is 46.9 Å². The van der Waals surface area contributed by atoms with E-state index in [9.17, 15) is 4.79 Å². The van der Waals surface area contributed by atoms with Crippen molar-refractivity contribution < 1.29 is 4.79 Å². The summed E-state index contributed by atoms with van der Waals surface area (Å²) < 4.78 is 1.86. The predicted octanol–water partition coefficient (Wildman–Crippen LogP) is 3.05. The summed E-state index contributed by atoms with van der Waals surface area (Å²) in [7, 11) is 1.93. The van der Waals surface area contributed by atoms with E-state index in [1.54, 1.807) is 0 Å². The molecule has 4 nitrogen and oxygen atoms in total. The molecular weight excluding hydrogens is 262 g/mol. The lowest BCUT2D eigenvalue weighted by Crippen LogP contribution is -2.41. The van der Waals surface area contributed by atoms with Crippen LogP contribution in [0.4, 0.5) is 0 Å². The van der Waals surface area contributed by atoms with Gasteiger partial charge in [-0.05, 0) is 39.0 Å². The van der Waals surface area contributed by atoms with Crippen LogP contribution in [0.15, 0.2) is 0 Å². The number of amides is 1. The summed E-state index contributed by atoms with van der Waals surface area (Å²) >= 11 is 0. The van der Waals surface area contributed by atoms with Crippen LogP contribution in [0.3, 0.4) is 0 Å². The molecule has 1 atom stereocenters. The van der Waals surface area contributed by atoms with Gasteiger partial charge in [-0.1, -0.05) is 26.2 Å². The van der Waals surface area contributed by atoms with Gasteiger partial charge in [0.15, 0.2) is 0 Å². The SMILES string of the molecule is CC[C@@H](NC(=O)Cc1c(C)nn(C)c1C)C1CCCCC1. The molecule has 1 aliphatic rings. The van der Waals surface area contributed by atoms with Crippen molar-refractivity contribution in [3.05, 3.63) is 17.0 Å². The summed E-state index contributed by atoms with van der Waals surface area (Å²) in [6.45, 7) is 6.19. The second-order valence-corrected chi connectivity index (χ2v) is 6.43. The van der Waals surface area contributed by atoms with Crippen molar-refractivity contribution in [2.24, 2.45) is 13.0 Å². The molecule has 21 heavy (non-hydrogen) atoms. The number of hydrogen-bond donors (Lipinski definition) is 1. The minimum absolute atomic E-state index is 0.145. The molecule has 4 heteroatoms. The van der Waals surface area contributed by atoms with Crippen LogP contribution in [0.1, 0.15) is 62.4 Å². The smallest absolute Gasteiger partial charge is 0.224 e. The average molecular weight is 291 g/mol. The quantitative estimate of drug-likeness (QED) is 0.906. The van der Waals surface area contributed by atoms with E-state index < -0.39 is 0 Å². The monoisotopic (exact) mass is 291 g/mol. The van der Waals surface area contributed by atoms with E-state index in [1.165, 1.54) is 32.1 Å². The molecule has 0 bridgehead atoms. The molecule has 2 rings (SSSR count). The molecule has 1 aliphatic carbocycles. The highest BCUT2D eigenvalue weighted by Gasteiger charge is 2.24. The number of carbonyl (C=O) groups is 1. The van der Waals surface area contributed by atoms with Crippen LogP contribution >= 0.6 is 0 Å². The fourth-order valence-corrected chi connectivity index (χ4v) is 3.58. The third kappa shape index (κ3) is 3.86. The summed E-state index contributed by atoms with van der Waals surface area (Å²) in [4.78, 5) is 12.4. The van der Waals surface area contributed by atoms with E-state index in [-0.39, 0.29) is 5.91 Å². The van der Waals surface area contributed by atoms with Crippen LogP contribution in [0.25, 0.3) is 0 Å². The summed E-state index contributed by atoms with van der Waals surface area (Å²) in [6.07, 6.45) is 8.01. The van der Waals surface area contributed by atoms with Crippen molar-refractivity contribution in [1.29, 1.82) is 0 Å². The fourth-order valence-electron chi connectivity index (χ4n) is 3.58. The van der Waals surface area contributed by atoms with Gasteiger partial charge in [0.1, 0.15) is 0 Å². The third-order valence-electron chi connectivity index (χ3n) is 5.00. The molecule has 118 valence electrons. The number of nitrogens with zero attached hydrogens (tertiary/aromatic N) is 2. The molecule has 1 heterocycles. The molecule has 0 unspecified atom stereocenters. The number of aryl methyl sites for hydroxylation is 2. The Hall–Kier alpha value is -1.32. The number of rotatable bonds is 5. The van der Waals surface area contributed by atoms with Gasteiger partial charge in [-0.15, -0.1) is 0 Å². The molecule has 0 aliphatic heterocycles. The maximum Gasteiger partial charge on any atom is 0.224 e. The Morgan fingerprint density at radius 1 is 1.33 bits per heavy atom. The predicted molar refractivity (Wildman–Crippen MR) is 85.2 cm³/mol. The highest BCUT2D eigenvalue weighted by atomic mass is 16.1. The number of nitrogens with one attached hydrogen (secondary N) is 1. The van der Waals surface area contributed by atoms with Crippen LogP contribution < -0.4 is 5.32 Å². The number of aromatic nitrogens is 2. The minimum Gasteiger partial charge on any atom is -0.353 e. The van der Waals surface area contributed by atoms with Gasteiger partial charge in [0.2, 0.25) is 5.91 Å². The van der Waals surface area contributed by atoms with Crippen molar-refractivity contribution in [3.63, 3.8) is 0 Å². The molecule has 0 saturated heterocycles. The van der Waals surface area contributed by atoms with Gasteiger partial charge in [-0.3, -0.25) is 9.48 Å². The van der Waals surface area contributed by atoms with Gasteiger partial charge in [0.05, 0.1) is 12.1 Å². The van der Waals surface area contributed by atoms with E-state index in [1.807, 2.05) is 25.6 Å². The van der Waals surface area contributed by atoms with Crippen molar-refractivity contribution >= 4 is 5.91 Å². The molecule has 0 radical (unpaired) electrons. The Bertz CT molecular complexity index is 486. The first kappa shape index (κ1) is 16.1. The maximum atomic E-state index is 12.4. The van der Waals surface area contributed by atoms with Crippen molar-refractivity contribution in [2.45, 2.75) is 71.8 Å². The lowest BCUT2D eigenvalue weighted by molar-refractivity contribution is -0.121. The average Bonchev–Trinajstić information content (AvgIpc) is 2.72. The van der Waals surface area contributed by atoms with Crippen molar-refractivity contribution in [1.82, 2.24) is 15.1 Å². The molecule has 1 amide bonds. The lowest BCUT2D eigenvalue weighted by Gasteiger charge is -2.30. The molecule has 1 aromatic rings. The van der Waals surface area contributed by atoms with Crippen LogP contribution in [0.5, 0.6) is 0 Å². The molecule has 0 spiro atoms. The Kier molecular flexibility index (Phi) is 5.43. The zero-order valence-electron chi connectivity index (χ0n) is 13.9. The van der Waals surface area contributed by atoms with E-state index in [4.69, 9.17) is 0 Å². The highest BCUT2D eigenvalue weighted by molar-refractivity contribution is 5.79. The van der Waals surface area contributed by atoms with E-state index >= 15 is 0 Å². The maximum absolute atomic E-state index is 12.4. The van der Waals surface area contributed by atoms with Crippen LogP contribution in [0, 0.1) is 19.8 Å². The van der Waals surface area contributed by atoms with Gasteiger partial charge in [-0.2, -0.15) is 5.10 Å². The van der Waals surface area contributed by atoms with Crippen LogP contribution in [0.2, 0.25) is 0 Å². The minimum atomic E-state index is 0.145. The first-order valence-corrected chi connectivity index (χ1v) is 8.31. The van der Waals surface area contributed by atoms with Gasteiger partial charge in [0.25, 0.3) is 0 Å². The van der Waals surface area contributed by atoms with Crippen LogP contribution in [-0.2, 0) is 18.3 Å². The summed E-state index contributed by atoms with van der Waals surface area (Å²) in [5, 5.41) is 7.66. The molecule has 1 aromatic heterocycles. The molecule has 0 aromatic carbocycles. The summed E-state index contributed by atoms with van der Waals surface area (Å²) in [6, 6.07) is 0.343. The number of hydrogen-bond acceptors (Lipinski definition) is 2. The number of carbonyl (C=O) groups excluding carboxylic acids is 1. The van der Waals surface area contributed by atoms with Crippen molar-refractivity contribution in [3.8, 4) is 0 Å². The summed E-state index contributed by atoms with van der Waals surface area (Å²) in [5.74, 6) is 0.815. The Morgan fingerprint density at radius 3 is 2.52 bits per heavy atom. The first-order chi connectivity index (χ1) is 10.0. The molecule has 1 saturated carbocycles. The first-order valence-electron chi connectivity index (χ1n) is 8.31.